The van der Waals surface area contributed by atoms with Crippen molar-refractivity contribution >= 4 is 68.2 Å². The van der Waals surface area contributed by atoms with Gasteiger partial charge in [0.05, 0.1) is 0 Å². The van der Waals surface area contributed by atoms with Gasteiger partial charge < -0.3 is 5.32 Å². The van der Waals surface area contributed by atoms with Gasteiger partial charge in [0.2, 0.25) is 0 Å². The number of thiazole rings is 1. The van der Waals surface area contributed by atoms with Crippen molar-refractivity contribution in [3.8, 4) is 0 Å². The van der Waals surface area contributed by atoms with Crippen LogP contribution in [0.2, 0.25) is 10.0 Å². The van der Waals surface area contributed by atoms with Crippen LogP contribution in [0.4, 0.5) is 15.9 Å². The van der Waals surface area contributed by atoms with Gasteiger partial charge in [-0.2, -0.15) is 0 Å². The highest BCUT2D eigenvalue weighted by Gasteiger charge is 2.16. The topological polar surface area (TPSA) is 50.7 Å². The first kappa shape index (κ1) is 20.3. The number of thioether (sulfide) groups is 1. The van der Waals surface area contributed by atoms with Gasteiger partial charge in [-0.05, 0) is 41.6 Å². The van der Waals surface area contributed by atoms with E-state index in [0.717, 1.165) is 21.1 Å². The van der Waals surface area contributed by atoms with E-state index in [4.69, 9.17) is 28.2 Å². The van der Waals surface area contributed by atoms with Crippen LogP contribution in [0.5, 0.6) is 0 Å². The fourth-order valence-corrected chi connectivity index (χ4v) is 4.67. The smallest absolute Gasteiger partial charge is 0.190 e. The number of hydrogen-bond acceptors (Lipinski definition) is 6. The summed E-state index contributed by atoms with van der Waals surface area (Å²) in [6.45, 7) is -0.491. The monoisotopic (exact) mass is 464 g/mol. The van der Waals surface area contributed by atoms with Gasteiger partial charge in [0.15, 0.2) is 11.0 Å². The van der Waals surface area contributed by atoms with Gasteiger partial charge >= 0.3 is 0 Å². The lowest BCUT2D eigenvalue weighted by Crippen LogP contribution is -1.98. The zero-order chi connectivity index (χ0) is 20.4. The molecule has 2 heterocycles. The lowest BCUT2D eigenvalue weighted by atomic mass is 10.1. The van der Waals surface area contributed by atoms with Crippen molar-refractivity contribution in [2.45, 2.75) is 18.3 Å². The average Bonchev–Trinajstić information content (AvgIpc) is 3.14. The molecule has 0 spiro atoms. The van der Waals surface area contributed by atoms with E-state index in [1.54, 1.807) is 12.1 Å². The van der Waals surface area contributed by atoms with Crippen LogP contribution in [-0.2, 0) is 13.1 Å². The van der Waals surface area contributed by atoms with E-state index >= 15 is 0 Å². The minimum absolute atomic E-state index is 0.491. The van der Waals surface area contributed by atoms with Gasteiger partial charge in [0.1, 0.15) is 22.0 Å². The first-order valence-corrected chi connectivity index (χ1v) is 11.4. The molecule has 1 N–H and O–H groups in total. The zero-order valence-electron chi connectivity index (χ0n) is 15.2. The summed E-state index contributed by atoms with van der Waals surface area (Å²) < 4.78 is 12.8. The highest BCUT2D eigenvalue weighted by atomic mass is 35.5. The highest BCUT2D eigenvalue weighted by molar-refractivity contribution is 7.98. The van der Waals surface area contributed by atoms with Crippen molar-refractivity contribution in [1.29, 1.82) is 0 Å². The Morgan fingerprint density at radius 3 is 2.41 bits per heavy atom. The molecule has 0 saturated heterocycles. The minimum Gasteiger partial charge on any atom is -0.338 e. The molecule has 0 aliphatic rings. The molecule has 4 nitrogen and oxygen atoms in total. The second-order valence-corrected chi connectivity index (χ2v) is 8.80. The third-order valence-electron chi connectivity index (χ3n) is 4.23. The Morgan fingerprint density at radius 2 is 1.76 bits per heavy atom. The van der Waals surface area contributed by atoms with Crippen LogP contribution in [0.3, 0.4) is 0 Å². The second kappa shape index (κ2) is 8.83. The highest BCUT2D eigenvalue weighted by Crippen LogP contribution is 2.33. The number of nitrogens with one attached hydrogen (secondary N) is 1. The van der Waals surface area contributed by atoms with E-state index in [1.165, 1.54) is 23.1 Å². The largest absolute Gasteiger partial charge is 0.338 e. The predicted molar refractivity (Wildman–Crippen MR) is 121 cm³/mol. The fourth-order valence-electron chi connectivity index (χ4n) is 2.77. The summed E-state index contributed by atoms with van der Waals surface area (Å²) in [6.07, 6.45) is 2.44. The number of aromatic nitrogens is 3. The molecule has 2 aromatic heterocycles. The Bertz CT molecular complexity index is 1150. The molecule has 0 aliphatic carbocycles. The van der Waals surface area contributed by atoms with Crippen molar-refractivity contribution in [3.63, 3.8) is 0 Å². The first-order valence-electron chi connectivity index (χ1n) is 8.63. The van der Waals surface area contributed by atoms with Crippen LogP contribution in [-0.4, -0.2) is 21.2 Å². The van der Waals surface area contributed by atoms with E-state index in [1.807, 2.05) is 36.6 Å². The van der Waals surface area contributed by atoms with Crippen LogP contribution >= 0.6 is 46.3 Å². The first-order chi connectivity index (χ1) is 14.1. The number of hydrogen-bond donors (Lipinski definition) is 1. The molecule has 0 amide bonds. The Morgan fingerprint density at radius 1 is 1.03 bits per heavy atom. The molecule has 4 aromatic rings. The summed E-state index contributed by atoms with van der Waals surface area (Å²) in [6, 6.07) is 12.6. The number of fused-ring (bicyclic) bond motifs is 1. The molecule has 148 valence electrons. The summed E-state index contributed by atoms with van der Waals surface area (Å²) in [5, 5.41) is 5.99. The zero-order valence-corrected chi connectivity index (χ0v) is 18.4. The van der Waals surface area contributed by atoms with E-state index in [-0.39, 0.29) is 0 Å². The van der Waals surface area contributed by atoms with Crippen molar-refractivity contribution in [1.82, 2.24) is 15.0 Å². The van der Waals surface area contributed by atoms with Gasteiger partial charge in [-0.1, -0.05) is 64.5 Å². The molecule has 29 heavy (non-hydrogen) atoms. The van der Waals surface area contributed by atoms with Crippen LogP contribution in [0, 0.1) is 0 Å². The molecule has 0 saturated carbocycles. The van der Waals surface area contributed by atoms with Crippen molar-refractivity contribution in [3.05, 3.63) is 68.6 Å². The van der Waals surface area contributed by atoms with Gasteiger partial charge in [-0.25, -0.2) is 19.3 Å². The quantitative estimate of drug-likeness (QED) is 0.248. The lowest BCUT2D eigenvalue weighted by Gasteiger charge is -2.07. The number of benzene rings is 2. The van der Waals surface area contributed by atoms with Gasteiger partial charge in [0, 0.05) is 22.2 Å². The van der Waals surface area contributed by atoms with Gasteiger partial charge in [-0.15, -0.1) is 0 Å². The molecule has 0 fully saturated rings. The molecule has 0 radical (unpaired) electrons. The molecular formula is C20H15Cl2FN4S2. The van der Waals surface area contributed by atoms with Crippen LogP contribution < -0.4 is 5.32 Å². The molecule has 0 bridgehead atoms. The number of anilines is 2. The predicted octanol–water partition coefficient (Wildman–Crippen LogP) is 6.92. The summed E-state index contributed by atoms with van der Waals surface area (Å²) in [5.41, 5.74) is 2.95. The summed E-state index contributed by atoms with van der Waals surface area (Å²) >= 11 is 15.6. The van der Waals surface area contributed by atoms with Gasteiger partial charge in [0.25, 0.3) is 0 Å². The maximum Gasteiger partial charge on any atom is 0.190 e. The second-order valence-electron chi connectivity index (χ2n) is 6.15. The third kappa shape index (κ3) is 4.48. The number of alkyl halides is 1. The molecule has 0 unspecified atom stereocenters. The molecular weight excluding hydrogens is 450 g/mol. The molecule has 0 aliphatic heterocycles. The Hall–Kier alpha value is -1.93. The standard InChI is InChI=1S/C20H15Cl2FN4S2/c1-28-20-26-18(24-12-7-5-11(10-23)6-8-12)17-19(27-20)29-16(25-17)9-13-14(21)3-2-4-15(13)22/h2-8H,9-10H2,1H3,(H,24,26,27). The van der Waals surface area contributed by atoms with Crippen molar-refractivity contribution in [2.75, 3.05) is 11.6 Å². The normalized spacial score (nSPS) is 11.2. The SMILES string of the molecule is CSc1nc(Nc2ccc(CF)cc2)c2nc(Cc3c(Cl)cccc3Cl)sc2n1. The Balaban J connectivity index is 1.72. The Labute approximate surface area is 185 Å². The van der Waals surface area contributed by atoms with E-state index in [0.29, 0.717) is 38.5 Å². The molecule has 4 rings (SSSR count). The summed E-state index contributed by atoms with van der Waals surface area (Å²) in [5.74, 6) is 0.611. The van der Waals surface area contributed by atoms with E-state index in [2.05, 4.69) is 15.3 Å². The van der Waals surface area contributed by atoms with E-state index < -0.39 is 6.67 Å². The fraction of sp³-hybridized carbons (Fsp3) is 0.150. The van der Waals surface area contributed by atoms with Gasteiger partial charge in [-0.3, -0.25) is 0 Å². The lowest BCUT2D eigenvalue weighted by molar-refractivity contribution is 0.485. The Kier molecular flexibility index (Phi) is 6.20. The number of nitrogens with zero attached hydrogens (tertiary/aromatic N) is 3. The molecule has 9 heteroatoms. The van der Waals surface area contributed by atoms with Crippen molar-refractivity contribution < 1.29 is 4.39 Å². The van der Waals surface area contributed by atoms with Crippen LogP contribution in [0.15, 0.2) is 47.6 Å². The summed E-state index contributed by atoms with van der Waals surface area (Å²) in [4.78, 5) is 14.7. The molecule has 2 aromatic carbocycles. The maximum absolute atomic E-state index is 12.8. The molecule has 0 atom stereocenters. The van der Waals surface area contributed by atoms with Crippen LogP contribution in [0.1, 0.15) is 16.1 Å². The van der Waals surface area contributed by atoms with E-state index in [9.17, 15) is 4.39 Å². The van der Waals surface area contributed by atoms with Crippen molar-refractivity contribution in [2.24, 2.45) is 0 Å². The summed E-state index contributed by atoms with van der Waals surface area (Å²) in [7, 11) is 0. The average molecular weight is 465 g/mol. The minimum atomic E-state index is -0.491. The number of halogens is 3. The van der Waals surface area contributed by atoms with Crippen LogP contribution in [0.25, 0.3) is 10.3 Å². The maximum atomic E-state index is 12.8. The third-order valence-corrected chi connectivity index (χ3v) is 6.43. The number of rotatable bonds is 6.